The first kappa shape index (κ1) is 15.3. The number of hydrogen-bond acceptors (Lipinski definition) is 3. The summed E-state index contributed by atoms with van der Waals surface area (Å²) in [6.07, 6.45) is 0. The number of rotatable bonds is 3. The van der Waals surface area contributed by atoms with Crippen LogP contribution < -0.4 is 0 Å². The third kappa shape index (κ3) is 2.84. The van der Waals surface area contributed by atoms with E-state index in [1.54, 1.807) is 36.4 Å². The molecule has 0 aromatic carbocycles. The van der Waals surface area contributed by atoms with E-state index in [1.165, 1.54) is 0 Å². The van der Waals surface area contributed by atoms with Gasteiger partial charge in [-0.2, -0.15) is 0 Å². The van der Waals surface area contributed by atoms with Crippen molar-refractivity contribution in [2.24, 2.45) is 0 Å². The molecular formula is C19H18FN3. The van der Waals surface area contributed by atoms with Crippen molar-refractivity contribution in [3.05, 3.63) is 88.8 Å². The van der Waals surface area contributed by atoms with Crippen LogP contribution in [-0.4, -0.2) is 15.0 Å². The van der Waals surface area contributed by atoms with E-state index in [0.717, 1.165) is 17.1 Å². The SMILES string of the molecule is Cc1cccc(C(F)(c2cccc(C)n2)c2cccc(C)n2)n1. The quantitative estimate of drug-likeness (QED) is 0.732. The van der Waals surface area contributed by atoms with Gasteiger partial charge in [0.25, 0.3) is 0 Å². The predicted molar refractivity (Wildman–Crippen MR) is 87.9 cm³/mol. The Hall–Kier alpha value is -2.62. The second kappa shape index (κ2) is 5.88. The van der Waals surface area contributed by atoms with Gasteiger partial charge in [-0.25, -0.2) is 4.39 Å². The third-order valence-corrected chi connectivity index (χ3v) is 3.72. The van der Waals surface area contributed by atoms with Crippen molar-refractivity contribution >= 4 is 0 Å². The average molecular weight is 307 g/mol. The molecule has 3 nitrogen and oxygen atoms in total. The van der Waals surface area contributed by atoms with Crippen molar-refractivity contribution in [2.45, 2.75) is 26.4 Å². The Bertz CT molecular complexity index is 734. The molecule has 0 fully saturated rings. The van der Waals surface area contributed by atoms with Gasteiger partial charge < -0.3 is 0 Å². The molecule has 0 aliphatic rings. The van der Waals surface area contributed by atoms with E-state index in [2.05, 4.69) is 15.0 Å². The first-order chi connectivity index (χ1) is 11.0. The van der Waals surface area contributed by atoms with Gasteiger partial charge in [0.05, 0.1) is 17.1 Å². The van der Waals surface area contributed by atoms with Gasteiger partial charge in [0.1, 0.15) is 0 Å². The van der Waals surface area contributed by atoms with Crippen molar-refractivity contribution in [1.29, 1.82) is 0 Å². The number of hydrogen-bond donors (Lipinski definition) is 0. The molecule has 3 heterocycles. The molecule has 4 heteroatoms. The normalized spacial score (nSPS) is 11.5. The van der Waals surface area contributed by atoms with Gasteiger partial charge in [-0.15, -0.1) is 0 Å². The highest BCUT2D eigenvalue weighted by atomic mass is 19.1. The van der Waals surface area contributed by atoms with Crippen molar-refractivity contribution in [3.8, 4) is 0 Å². The molecule has 0 saturated heterocycles. The largest absolute Gasteiger partial charge is 0.254 e. The van der Waals surface area contributed by atoms with Crippen molar-refractivity contribution in [3.63, 3.8) is 0 Å². The summed E-state index contributed by atoms with van der Waals surface area (Å²) in [5, 5.41) is 0. The van der Waals surface area contributed by atoms with Gasteiger partial charge in [-0.1, -0.05) is 18.2 Å². The molecule has 3 rings (SSSR count). The van der Waals surface area contributed by atoms with E-state index in [1.807, 2.05) is 39.0 Å². The Morgan fingerprint density at radius 2 is 0.913 bits per heavy atom. The van der Waals surface area contributed by atoms with Crippen LogP contribution in [0.5, 0.6) is 0 Å². The summed E-state index contributed by atoms with van der Waals surface area (Å²) < 4.78 is 16.3. The minimum Gasteiger partial charge on any atom is -0.254 e. The molecule has 0 aliphatic carbocycles. The number of halogens is 1. The van der Waals surface area contributed by atoms with E-state index < -0.39 is 5.67 Å². The minimum absolute atomic E-state index is 0.300. The second-order valence-electron chi connectivity index (χ2n) is 5.65. The summed E-state index contributed by atoms with van der Waals surface area (Å²) in [4.78, 5) is 13.2. The number of aryl methyl sites for hydroxylation is 3. The van der Waals surface area contributed by atoms with Crippen LogP contribution in [0.4, 0.5) is 4.39 Å². The van der Waals surface area contributed by atoms with Gasteiger partial charge in [-0.3, -0.25) is 15.0 Å². The third-order valence-electron chi connectivity index (χ3n) is 3.72. The zero-order valence-electron chi connectivity index (χ0n) is 13.4. The first-order valence-corrected chi connectivity index (χ1v) is 7.51. The molecule has 0 unspecified atom stereocenters. The maximum atomic E-state index is 16.3. The van der Waals surface area contributed by atoms with E-state index >= 15 is 4.39 Å². The molecule has 0 saturated carbocycles. The monoisotopic (exact) mass is 307 g/mol. The lowest BCUT2D eigenvalue weighted by Crippen LogP contribution is -2.28. The molecule has 0 amide bonds. The van der Waals surface area contributed by atoms with Crippen molar-refractivity contribution < 1.29 is 4.39 Å². The lowest BCUT2D eigenvalue weighted by atomic mass is 9.91. The number of alkyl halides is 1. The molecule has 3 aromatic rings. The molecule has 0 atom stereocenters. The lowest BCUT2D eigenvalue weighted by molar-refractivity contribution is 0.257. The van der Waals surface area contributed by atoms with Crippen molar-refractivity contribution in [2.75, 3.05) is 0 Å². The Morgan fingerprint density at radius 1 is 0.609 bits per heavy atom. The zero-order valence-corrected chi connectivity index (χ0v) is 13.4. The first-order valence-electron chi connectivity index (χ1n) is 7.51. The van der Waals surface area contributed by atoms with Crippen LogP contribution in [0, 0.1) is 20.8 Å². The van der Waals surface area contributed by atoms with Crippen LogP contribution in [0.15, 0.2) is 54.6 Å². The van der Waals surface area contributed by atoms with Gasteiger partial charge in [0.15, 0.2) is 0 Å². The van der Waals surface area contributed by atoms with E-state index in [0.29, 0.717) is 17.1 Å². The Labute approximate surface area is 135 Å². The van der Waals surface area contributed by atoms with Crippen LogP contribution in [0.3, 0.4) is 0 Å². The molecule has 0 N–H and O–H groups in total. The highest BCUT2D eigenvalue weighted by Crippen LogP contribution is 2.37. The van der Waals surface area contributed by atoms with E-state index in [-0.39, 0.29) is 0 Å². The molecule has 116 valence electrons. The molecule has 3 aromatic heterocycles. The second-order valence-corrected chi connectivity index (χ2v) is 5.65. The Kier molecular flexibility index (Phi) is 3.90. The van der Waals surface area contributed by atoms with Gasteiger partial charge in [0, 0.05) is 17.1 Å². The average Bonchev–Trinajstić information content (AvgIpc) is 2.54. The summed E-state index contributed by atoms with van der Waals surface area (Å²) in [6, 6.07) is 16.0. The summed E-state index contributed by atoms with van der Waals surface area (Å²) >= 11 is 0. The number of nitrogens with zero attached hydrogens (tertiary/aromatic N) is 3. The smallest absolute Gasteiger partial charge is 0.236 e. The topological polar surface area (TPSA) is 38.7 Å². The maximum Gasteiger partial charge on any atom is 0.236 e. The van der Waals surface area contributed by atoms with Gasteiger partial charge in [-0.05, 0) is 57.2 Å². The fraction of sp³-hybridized carbons (Fsp3) is 0.211. The van der Waals surface area contributed by atoms with Crippen LogP contribution >= 0.6 is 0 Å². The molecule has 23 heavy (non-hydrogen) atoms. The van der Waals surface area contributed by atoms with E-state index in [4.69, 9.17) is 0 Å². The van der Waals surface area contributed by atoms with Crippen LogP contribution in [0.1, 0.15) is 34.2 Å². The highest BCUT2D eigenvalue weighted by Gasteiger charge is 2.41. The minimum atomic E-state index is -1.98. The summed E-state index contributed by atoms with van der Waals surface area (Å²) in [7, 11) is 0. The number of pyridine rings is 3. The lowest BCUT2D eigenvalue weighted by Gasteiger charge is -2.25. The molecule has 0 bridgehead atoms. The fourth-order valence-corrected chi connectivity index (χ4v) is 2.60. The van der Waals surface area contributed by atoms with Crippen LogP contribution in [-0.2, 0) is 5.67 Å². The predicted octanol–water partition coefficient (Wildman–Crippen LogP) is 4.06. The Balaban J connectivity index is 2.29. The highest BCUT2D eigenvalue weighted by molar-refractivity contribution is 5.39. The summed E-state index contributed by atoms with van der Waals surface area (Å²) in [5.41, 5.74) is 1.18. The summed E-state index contributed by atoms with van der Waals surface area (Å²) in [5.74, 6) is 0. The van der Waals surface area contributed by atoms with Gasteiger partial charge in [0.2, 0.25) is 5.67 Å². The molecule has 0 aliphatic heterocycles. The zero-order chi connectivity index (χ0) is 16.4. The van der Waals surface area contributed by atoms with Crippen LogP contribution in [0.2, 0.25) is 0 Å². The molecule has 0 radical (unpaired) electrons. The fourth-order valence-electron chi connectivity index (χ4n) is 2.60. The van der Waals surface area contributed by atoms with Gasteiger partial charge >= 0.3 is 0 Å². The molecular weight excluding hydrogens is 289 g/mol. The maximum absolute atomic E-state index is 16.3. The summed E-state index contributed by atoms with van der Waals surface area (Å²) in [6.45, 7) is 5.53. The standard InChI is InChI=1S/C19H18FN3/c1-13-7-4-10-16(21-13)19(20,17-11-5-8-14(2)22-17)18-12-6-9-15(3)23-18/h4-12H,1-3H3. The Morgan fingerprint density at radius 3 is 1.17 bits per heavy atom. The van der Waals surface area contributed by atoms with Crippen LogP contribution in [0.25, 0.3) is 0 Å². The number of aromatic nitrogens is 3. The van der Waals surface area contributed by atoms with Crippen molar-refractivity contribution in [1.82, 2.24) is 15.0 Å². The molecule has 0 spiro atoms. The van der Waals surface area contributed by atoms with E-state index in [9.17, 15) is 0 Å².